The van der Waals surface area contributed by atoms with E-state index in [1.807, 2.05) is 0 Å². The Bertz CT molecular complexity index is 327. The van der Waals surface area contributed by atoms with Crippen LogP contribution >= 0.6 is 11.3 Å². The topological polar surface area (TPSA) is 54.4 Å². The Morgan fingerprint density at radius 3 is 2.27 bits per heavy atom. The van der Waals surface area contributed by atoms with Crippen molar-refractivity contribution >= 4 is 40.3 Å². The zero-order valence-electron chi connectivity index (χ0n) is 5.23. The first-order valence-electron chi connectivity index (χ1n) is 2.53. The van der Waals surface area contributed by atoms with Gasteiger partial charge in [0.25, 0.3) is 10.1 Å². The number of rotatable bonds is 1. The van der Waals surface area contributed by atoms with E-state index in [0.717, 1.165) is 4.88 Å². The van der Waals surface area contributed by atoms with Crippen LogP contribution in [0, 0.1) is 6.92 Å². The second kappa shape index (κ2) is 3.74. The van der Waals surface area contributed by atoms with Crippen molar-refractivity contribution in [2.75, 3.05) is 0 Å². The van der Waals surface area contributed by atoms with Gasteiger partial charge < -0.3 is 0 Å². The minimum absolute atomic E-state index is 0. The molecule has 0 bridgehead atoms. The zero-order chi connectivity index (χ0) is 7.78. The van der Waals surface area contributed by atoms with Gasteiger partial charge in [-0.2, -0.15) is 8.42 Å². The van der Waals surface area contributed by atoms with Gasteiger partial charge in [-0.05, 0) is 13.0 Å². The summed E-state index contributed by atoms with van der Waals surface area (Å²) in [5.74, 6) is 0. The van der Waals surface area contributed by atoms with Crippen molar-refractivity contribution < 1.29 is 13.0 Å². The third kappa shape index (κ3) is 2.97. The standard InChI is InChI=1S/C5H6O3S2.Li.H/c1-4-2-5(3-9-4)10(6,7)8;;/h2-3H,1H3,(H,6,7,8);;. The third-order valence-electron chi connectivity index (χ3n) is 1.00. The van der Waals surface area contributed by atoms with E-state index in [1.165, 1.54) is 22.8 Å². The van der Waals surface area contributed by atoms with Gasteiger partial charge in [0, 0.05) is 10.3 Å². The van der Waals surface area contributed by atoms with Crippen LogP contribution in [0.5, 0.6) is 0 Å². The van der Waals surface area contributed by atoms with Crippen LogP contribution in [-0.4, -0.2) is 31.8 Å². The monoisotopic (exact) mass is 186 g/mol. The Hall–Kier alpha value is 0.207. The first-order valence-corrected chi connectivity index (χ1v) is 4.85. The van der Waals surface area contributed by atoms with Crippen LogP contribution in [0.25, 0.3) is 0 Å². The molecule has 0 saturated carbocycles. The van der Waals surface area contributed by atoms with Gasteiger partial charge >= 0.3 is 18.9 Å². The molecular weight excluding hydrogens is 179 g/mol. The van der Waals surface area contributed by atoms with Crippen molar-refractivity contribution in [1.29, 1.82) is 0 Å². The van der Waals surface area contributed by atoms with Crippen LogP contribution in [0.15, 0.2) is 16.3 Å². The molecule has 0 spiro atoms. The number of hydrogen-bond acceptors (Lipinski definition) is 3. The van der Waals surface area contributed by atoms with E-state index in [2.05, 4.69) is 0 Å². The van der Waals surface area contributed by atoms with Gasteiger partial charge in [-0.15, -0.1) is 11.3 Å². The molecule has 0 fully saturated rings. The van der Waals surface area contributed by atoms with Crippen molar-refractivity contribution in [3.63, 3.8) is 0 Å². The summed E-state index contributed by atoms with van der Waals surface area (Å²) in [7, 11) is -3.97. The predicted octanol–water partition coefficient (Wildman–Crippen LogP) is 0.655. The minimum atomic E-state index is -3.97. The molecule has 11 heavy (non-hydrogen) atoms. The molecule has 1 rings (SSSR count). The van der Waals surface area contributed by atoms with Crippen molar-refractivity contribution in [3.05, 3.63) is 16.3 Å². The molecule has 1 heterocycles. The third-order valence-corrected chi connectivity index (χ3v) is 2.85. The van der Waals surface area contributed by atoms with Gasteiger partial charge in [0.2, 0.25) is 0 Å². The number of hydrogen-bond donors (Lipinski definition) is 1. The Morgan fingerprint density at radius 2 is 2.09 bits per heavy atom. The van der Waals surface area contributed by atoms with E-state index >= 15 is 0 Å². The van der Waals surface area contributed by atoms with Crippen molar-refractivity contribution in [2.45, 2.75) is 11.8 Å². The van der Waals surface area contributed by atoms with E-state index in [0.29, 0.717) is 0 Å². The summed E-state index contributed by atoms with van der Waals surface area (Å²) >= 11 is 1.29. The molecule has 0 atom stereocenters. The van der Waals surface area contributed by atoms with E-state index in [-0.39, 0.29) is 23.8 Å². The quantitative estimate of drug-likeness (QED) is 0.517. The number of thiophene rings is 1. The molecule has 0 amide bonds. The van der Waals surface area contributed by atoms with Gasteiger partial charge in [0.05, 0.1) is 0 Å². The van der Waals surface area contributed by atoms with E-state index < -0.39 is 10.1 Å². The fourth-order valence-electron chi connectivity index (χ4n) is 0.555. The van der Waals surface area contributed by atoms with Gasteiger partial charge in [0.1, 0.15) is 4.90 Å². The molecular formula is C5H7LiO3S2. The molecule has 1 aromatic heterocycles. The maximum absolute atomic E-state index is 10.4. The summed E-state index contributed by atoms with van der Waals surface area (Å²) in [6.07, 6.45) is 0. The van der Waals surface area contributed by atoms with Gasteiger partial charge in [-0.3, -0.25) is 4.55 Å². The zero-order valence-corrected chi connectivity index (χ0v) is 6.87. The van der Waals surface area contributed by atoms with Crippen molar-refractivity contribution in [3.8, 4) is 0 Å². The number of aryl methyl sites for hydroxylation is 1. The van der Waals surface area contributed by atoms with Crippen LogP contribution in [0.1, 0.15) is 4.88 Å². The molecule has 3 nitrogen and oxygen atoms in total. The van der Waals surface area contributed by atoms with E-state index in [4.69, 9.17) is 4.55 Å². The van der Waals surface area contributed by atoms with Crippen LogP contribution in [0.4, 0.5) is 0 Å². The Morgan fingerprint density at radius 1 is 1.55 bits per heavy atom. The van der Waals surface area contributed by atoms with Crippen molar-refractivity contribution in [2.24, 2.45) is 0 Å². The molecule has 1 aromatic rings. The Balaban J connectivity index is 0.000001000. The second-order valence-corrected chi connectivity index (χ2v) is 4.41. The summed E-state index contributed by atoms with van der Waals surface area (Å²) in [5.41, 5.74) is 0. The maximum atomic E-state index is 10.4. The molecule has 0 aliphatic heterocycles. The molecule has 0 aromatic carbocycles. The summed E-state index contributed by atoms with van der Waals surface area (Å²) in [6, 6.07) is 1.43. The van der Waals surface area contributed by atoms with Crippen molar-refractivity contribution in [1.82, 2.24) is 0 Å². The first kappa shape index (κ1) is 11.2. The Labute approximate surface area is 81.4 Å². The second-order valence-electron chi connectivity index (χ2n) is 1.87. The van der Waals surface area contributed by atoms with Crippen LogP contribution in [-0.2, 0) is 10.1 Å². The summed E-state index contributed by atoms with van der Waals surface area (Å²) in [6.45, 7) is 1.78. The van der Waals surface area contributed by atoms with Gasteiger partial charge in [0.15, 0.2) is 0 Å². The van der Waals surface area contributed by atoms with Gasteiger partial charge in [-0.1, -0.05) is 0 Å². The Kier molecular flexibility index (Phi) is 3.81. The molecule has 0 unspecified atom stereocenters. The molecule has 0 radical (unpaired) electrons. The van der Waals surface area contributed by atoms with E-state index in [9.17, 15) is 8.42 Å². The van der Waals surface area contributed by atoms with Crippen LogP contribution in [0.3, 0.4) is 0 Å². The molecule has 0 aliphatic carbocycles. The molecule has 1 N–H and O–H groups in total. The first-order chi connectivity index (χ1) is 4.50. The SMILES string of the molecule is Cc1cc(S(=O)(=O)O)cs1.[LiH]. The molecule has 0 aliphatic rings. The molecule has 58 valence electrons. The van der Waals surface area contributed by atoms with Gasteiger partial charge in [-0.25, -0.2) is 0 Å². The fraction of sp³-hybridized carbons (Fsp3) is 0.200. The van der Waals surface area contributed by atoms with Crippen LogP contribution in [0.2, 0.25) is 0 Å². The van der Waals surface area contributed by atoms with E-state index in [1.54, 1.807) is 6.92 Å². The summed E-state index contributed by atoms with van der Waals surface area (Å²) < 4.78 is 29.3. The fourth-order valence-corrected chi connectivity index (χ4v) is 2.15. The summed E-state index contributed by atoms with van der Waals surface area (Å²) in [4.78, 5) is 0.850. The average molecular weight is 186 g/mol. The molecule has 0 saturated heterocycles. The average Bonchev–Trinajstić information content (AvgIpc) is 2.11. The summed E-state index contributed by atoms with van der Waals surface area (Å²) in [5, 5.41) is 1.41. The predicted molar refractivity (Wildman–Crippen MR) is 46.0 cm³/mol. The molecule has 6 heteroatoms. The van der Waals surface area contributed by atoms with Crippen LogP contribution < -0.4 is 0 Å². The normalized spacial score (nSPS) is 10.7.